The van der Waals surface area contributed by atoms with Crippen LogP contribution in [0.1, 0.15) is 35.6 Å². The third-order valence-corrected chi connectivity index (χ3v) is 7.38. The Balaban J connectivity index is 1.47. The molecule has 3 aliphatic heterocycles. The first-order chi connectivity index (χ1) is 17.0. The third kappa shape index (κ3) is 3.93. The van der Waals surface area contributed by atoms with E-state index in [1.165, 1.54) is 26.0 Å². The van der Waals surface area contributed by atoms with E-state index in [2.05, 4.69) is 19.9 Å². The van der Waals surface area contributed by atoms with Crippen LogP contribution < -0.4 is 4.74 Å². The van der Waals surface area contributed by atoms with Crippen LogP contribution in [0.4, 0.5) is 8.78 Å². The number of ether oxygens (including phenoxy) is 1. The van der Waals surface area contributed by atoms with Gasteiger partial charge in [0, 0.05) is 23.9 Å². The van der Waals surface area contributed by atoms with Crippen molar-refractivity contribution in [2.75, 3.05) is 26.7 Å². The summed E-state index contributed by atoms with van der Waals surface area (Å²) in [6, 6.07) is 7.02. The second kappa shape index (κ2) is 8.64. The van der Waals surface area contributed by atoms with E-state index in [-0.39, 0.29) is 18.4 Å². The lowest BCUT2D eigenvalue weighted by Gasteiger charge is -2.45. The predicted octanol–water partition coefficient (Wildman–Crippen LogP) is 4.34. The van der Waals surface area contributed by atoms with Crippen LogP contribution in [0.15, 0.2) is 36.7 Å². The zero-order valence-corrected chi connectivity index (χ0v) is 19.7. The van der Waals surface area contributed by atoms with Crippen molar-refractivity contribution in [2.24, 2.45) is 5.92 Å². The van der Waals surface area contributed by atoms with Gasteiger partial charge in [0.15, 0.2) is 5.65 Å². The molecule has 3 aliphatic rings. The quantitative estimate of drug-likeness (QED) is 0.427. The van der Waals surface area contributed by atoms with Gasteiger partial charge in [-0.2, -0.15) is 9.97 Å². The average Bonchev–Trinajstić information content (AvgIpc) is 3.24. The molecule has 35 heavy (non-hydrogen) atoms. The minimum Gasteiger partial charge on any atom is -0.467 e. The summed E-state index contributed by atoms with van der Waals surface area (Å²) in [5.74, 6) is 0.731. The Morgan fingerprint density at radius 1 is 1.06 bits per heavy atom. The zero-order chi connectivity index (χ0) is 24.1. The lowest BCUT2D eigenvalue weighted by molar-refractivity contribution is 0.0870. The molecular formula is C26H26F2N6O. The van der Waals surface area contributed by atoms with E-state index >= 15 is 4.39 Å². The monoisotopic (exact) mass is 476 g/mol. The van der Waals surface area contributed by atoms with E-state index in [0.717, 1.165) is 31.4 Å². The van der Waals surface area contributed by atoms with Crippen LogP contribution in [0.25, 0.3) is 22.6 Å². The lowest BCUT2D eigenvalue weighted by Crippen LogP contribution is -2.46. The molecular weight excluding hydrogens is 450 g/mol. The van der Waals surface area contributed by atoms with E-state index < -0.39 is 5.82 Å². The molecule has 3 fully saturated rings. The highest BCUT2D eigenvalue weighted by atomic mass is 19.1. The van der Waals surface area contributed by atoms with Crippen LogP contribution in [0.5, 0.6) is 6.01 Å². The van der Waals surface area contributed by atoms with E-state index in [9.17, 15) is 4.39 Å². The lowest BCUT2D eigenvalue weighted by atomic mass is 9.75. The number of aryl methyl sites for hydroxylation is 1. The molecule has 1 aromatic carbocycles. The van der Waals surface area contributed by atoms with Crippen LogP contribution in [-0.2, 0) is 6.54 Å². The second-order valence-corrected chi connectivity index (χ2v) is 9.48. The smallest absolute Gasteiger partial charge is 0.318 e. The van der Waals surface area contributed by atoms with Crippen LogP contribution in [-0.4, -0.2) is 56.1 Å². The first-order valence-corrected chi connectivity index (χ1v) is 11.9. The summed E-state index contributed by atoms with van der Waals surface area (Å²) >= 11 is 0. The molecule has 4 aromatic rings. The summed E-state index contributed by atoms with van der Waals surface area (Å²) in [4.78, 5) is 20.0. The Kier molecular flexibility index (Phi) is 5.44. The van der Waals surface area contributed by atoms with Gasteiger partial charge in [-0.25, -0.2) is 13.8 Å². The molecule has 2 bridgehead atoms. The number of nitrogens with zero attached hydrogens (tertiary/aromatic N) is 6. The van der Waals surface area contributed by atoms with Crippen LogP contribution in [0.3, 0.4) is 0 Å². The van der Waals surface area contributed by atoms with Gasteiger partial charge >= 0.3 is 6.01 Å². The fourth-order valence-corrected chi connectivity index (χ4v) is 5.57. The SMILES string of the molecule is COc1nc(C)c2nc(-c3cncc(F)c3)n(Cc3cc(C4CN5CCC4CC5)ccc3F)c2n1. The predicted molar refractivity (Wildman–Crippen MR) is 127 cm³/mol. The minimum atomic E-state index is -0.475. The van der Waals surface area contributed by atoms with Crippen molar-refractivity contribution in [3.8, 4) is 17.4 Å². The highest BCUT2D eigenvalue weighted by Crippen LogP contribution is 2.39. The van der Waals surface area contributed by atoms with Crippen LogP contribution in [0.2, 0.25) is 0 Å². The molecule has 0 N–H and O–H groups in total. The normalized spacial score (nSPS) is 21.5. The maximum absolute atomic E-state index is 15.2. The molecule has 7 rings (SSSR count). The molecule has 1 unspecified atom stereocenters. The van der Waals surface area contributed by atoms with Gasteiger partial charge in [-0.1, -0.05) is 12.1 Å². The number of halogens is 2. The van der Waals surface area contributed by atoms with Gasteiger partial charge in [0.05, 0.1) is 25.5 Å². The number of piperidine rings is 3. The summed E-state index contributed by atoms with van der Waals surface area (Å²) in [6.45, 7) is 5.33. The number of fused-ring (bicyclic) bond motifs is 4. The highest BCUT2D eigenvalue weighted by Gasteiger charge is 2.35. The third-order valence-electron chi connectivity index (χ3n) is 7.38. The number of pyridine rings is 1. The van der Waals surface area contributed by atoms with E-state index in [0.29, 0.717) is 45.6 Å². The summed E-state index contributed by atoms with van der Waals surface area (Å²) in [5, 5.41) is 0. The number of imidazole rings is 1. The molecule has 7 nitrogen and oxygen atoms in total. The number of benzene rings is 1. The van der Waals surface area contributed by atoms with Crippen molar-refractivity contribution in [3.05, 3.63) is 65.1 Å². The Morgan fingerprint density at radius 2 is 1.89 bits per heavy atom. The van der Waals surface area contributed by atoms with Crippen molar-refractivity contribution in [1.29, 1.82) is 0 Å². The van der Waals surface area contributed by atoms with Gasteiger partial charge in [0.2, 0.25) is 0 Å². The van der Waals surface area contributed by atoms with Crippen molar-refractivity contribution >= 4 is 11.2 Å². The Bertz CT molecular complexity index is 1410. The molecule has 0 aliphatic carbocycles. The largest absolute Gasteiger partial charge is 0.467 e. The van der Waals surface area contributed by atoms with Gasteiger partial charge in [-0.3, -0.25) is 4.98 Å². The molecule has 3 aromatic heterocycles. The minimum absolute atomic E-state index is 0.183. The molecule has 0 amide bonds. The first kappa shape index (κ1) is 22.0. The molecule has 0 saturated carbocycles. The van der Waals surface area contributed by atoms with Gasteiger partial charge in [-0.15, -0.1) is 0 Å². The molecule has 0 spiro atoms. The summed E-state index contributed by atoms with van der Waals surface area (Å²) in [5.41, 5.74) is 3.87. The fourth-order valence-electron chi connectivity index (χ4n) is 5.57. The van der Waals surface area contributed by atoms with Crippen LogP contribution >= 0.6 is 0 Å². The van der Waals surface area contributed by atoms with Crippen molar-refractivity contribution in [3.63, 3.8) is 0 Å². The standard InChI is InChI=1S/C26H26F2N6O/c1-15-23-25(32-26(30-15)35-2)34(24(31-23)18-10-20(27)12-29-11-18)13-19-9-17(3-4-22(19)28)21-14-33-7-5-16(21)6-8-33/h3-4,9-12,16,21H,5-8,13-14H2,1-2H3. The van der Waals surface area contributed by atoms with Gasteiger partial charge in [0.1, 0.15) is 23.0 Å². The number of aromatic nitrogens is 5. The van der Waals surface area contributed by atoms with Crippen molar-refractivity contribution in [2.45, 2.75) is 32.2 Å². The van der Waals surface area contributed by atoms with Gasteiger partial charge in [0.25, 0.3) is 0 Å². The molecule has 1 atom stereocenters. The zero-order valence-electron chi connectivity index (χ0n) is 19.7. The summed E-state index contributed by atoms with van der Waals surface area (Å²) < 4.78 is 36.3. The topological polar surface area (TPSA) is 69.0 Å². The van der Waals surface area contributed by atoms with Gasteiger partial charge in [-0.05, 0) is 62.4 Å². The van der Waals surface area contributed by atoms with E-state index in [4.69, 9.17) is 9.72 Å². The molecule has 180 valence electrons. The first-order valence-electron chi connectivity index (χ1n) is 11.9. The summed E-state index contributed by atoms with van der Waals surface area (Å²) in [6.07, 6.45) is 5.06. The second-order valence-electron chi connectivity index (χ2n) is 9.48. The molecule has 9 heteroatoms. The Morgan fingerprint density at radius 3 is 2.60 bits per heavy atom. The number of methoxy groups -OCH3 is 1. The maximum Gasteiger partial charge on any atom is 0.318 e. The Labute approximate surface area is 201 Å². The van der Waals surface area contributed by atoms with Crippen molar-refractivity contribution in [1.82, 2.24) is 29.4 Å². The van der Waals surface area contributed by atoms with E-state index in [1.807, 2.05) is 19.1 Å². The molecule has 6 heterocycles. The fraction of sp³-hybridized carbons (Fsp3) is 0.385. The number of hydrogen-bond acceptors (Lipinski definition) is 6. The highest BCUT2D eigenvalue weighted by molar-refractivity contribution is 5.79. The van der Waals surface area contributed by atoms with Crippen LogP contribution in [0, 0.1) is 24.5 Å². The van der Waals surface area contributed by atoms with E-state index in [1.54, 1.807) is 16.8 Å². The average molecular weight is 477 g/mol. The Hall–Kier alpha value is -3.46. The molecule has 3 saturated heterocycles. The number of rotatable bonds is 5. The summed E-state index contributed by atoms with van der Waals surface area (Å²) in [7, 11) is 1.50. The number of hydrogen-bond donors (Lipinski definition) is 0. The van der Waals surface area contributed by atoms with Gasteiger partial charge < -0.3 is 14.2 Å². The molecule has 0 radical (unpaired) electrons. The van der Waals surface area contributed by atoms with Crippen molar-refractivity contribution < 1.29 is 13.5 Å². The maximum atomic E-state index is 15.2.